The molecule has 1 aromatic heterocycles. The van der Waals surface area contributed by atoms with Crippen LogP contribution in [0.1, 0.15) is 16.1 Å². The SMILES string of the molecule is O=C(OCc1ccc([N+](=O)[O-])cc1Cl)c1ccco1. The highest BCUT2D eigenvalue weighted by Gasteiger charge is 2.13. The van der Waals surface area contributed by atoms with Crippen LogP contribution >= 0.6 is 11.6 Å². The number of esters is 1. The summed E-state index contributed by atoms with van der Waals surface area (Å²) >= 11 is 5.86. The number of nitro groups is 1. The number of non-ortho nitro benzene ring substituents is 1. The van der Waals surface area contributed by atoms with E-state index in [-0.39, 0.29) is 23.1 Å². The molecule has 0 spiro atoms. The minimum absolute atomic E-state index is 0.0815. The van der Waals surface area contributed by atoms with E-state index in [9.17, 15) is 14.9 Å². The molecular formula is C12H8ClNO5. The van der Waals surface area contributed by atoms with E-state index in [1.807, 2.05) is 0 Å². The van der Waals surface area contributed by atoms with Crippen molar-refractivity contribution in [1.29, 1.82) is 0 Å². The number of carbonyl (C=O) groups is 1. The smallest absolute Gasteiger partial charge is 0.374 e. The lowest BCUT2D eigenvalue weighted by Crippen LogP contribution is -2.04. The summed E-state index contributed by atoms with van der Waals surface area (Å²) in [6.45, 7) is -0.0869. The molecule has 0 saturated carbocycles. The molecule has 0 atom stereocenters. The highest BCUT2D eigenvalue weighted by molar-refractivity contribution is 6.31. The van der Waals surface area contributed by atoms with Gasteiger partial charge in [-0.25, -0.2) is 4.79 Å². The van der Waals surface area contributed by atoms with Crippen molar-refractivity contribution in [2.45, 2.75) is 6.61 Å². The standard InChI is InChI=1S/C12H8ClNO5/c13-10-6-9(14(16)17)4-3-8(10)7-19-12(15)11-2-1-5-18-11/h1-6H,7H2. The van der Waals surface area contributed by atoms with Gasteiger partial charge in [-0.15, -0.1) is 0 Å². The quantitative estimate of drug-likeness (QED) is 0.488. The Hall–Kier alpha value is -2.34. The van der Waals surface area contributed by atoms with E-state index in [0.717, 1.165) is 0 Å². The van der Waals surface area contributed by atoms with E-state index < -0.39 is 10.9 Å². The van der Waals surface area contributed by atoms with Gasteiger partial charge in [-0.05, 0) is 18.2 Å². The van der Waals surface area contributed by atoms with Crippen LogP contribution in [0.3, 0.4) is 0 Å². The average Bonchev–Trinajstić information content (AvgIpc) is 2.90. The number of nitro benzene ring substituents is 1. The van der Waals surface area contributed by atoms with Gasteiger partial charge in [0, 0.05) is 17.7 Å². The van der Waals surface area contributed by atoms with Gasteiger partial charge in [0.2, 0.25) is 5.76 Å². The van der Waals surface area contributed by atoms with Crippen LogP contribution in [-0.4, -0.2) is 10.9 Å². The molecule has 0 aliphatic carbocycles. The van der Waals surface area contributed by atoms with Crippen molar-refractivity contribution in [3.63, 3.8) is 0 Å². The third-order valence-electron chi connectivity index (χ3n) is 2.33. The molecule has 0 N–H and O–H groups in total. The van der Waals surface area contributed by atoms with E-state index in [1.54, 1.807) is 6.07 Å². The highest BCUT2D eigenvalue weighted by Crippen LogP contribution is 2.23. The number of ether oxygens (including phenoxy) is 1. The van der Waals surface area contributed by atoms with Crippen molar-refractivity contribution in [3.8, 4) is 0 Å². The second-order valence-electron chi connectivity index (χ2n) is 3.59. The maximum atomic E-state index is 11.5. The minimum atomic E-state index is -0.626. The van der Waals surface area contributed by atoms with Crippen molar-refractivity contribution < 1.29 is 18.9 Å². The molecule has 0 amide bonds. The fraction of sp³-hybridized carbons (Fsp3) is 0.0833. The fourth-order valence-electron chi connectivity index (χ4n) is 1.38. The van der Waals surface area contributed by atoms with Crippen molar-refractivity contribution in [2.24, 2.45) is 0 Å². The monoisotopic (exact) mass is 281 g/mol. The third-order valence-corrected chi connectivity index (χ3v) is 2.68. The first-order valence-electron chi connectivity index (χ1n) is 5.21. The van der Waals surface area contributed by atoms with E-state index in [1.165, 1.54) is 30.5 Å². The summed E-state index contributed by atoms with van der Waals surface area (Å²) in [6, 6.07) is 6.98. The third kappa shape index (κ3) is 3.11. The number of hydrogen-bond donors (Lipinski definition) is 0. The first-order valence-corrected chi connectivity index (χ1v) is 5.59. The van der Waals surface area contributed by atoms with Gasteiger partial charge < -0.3 is 9.15 Å². The predicted molar refractivity (Wildman–Crippen MR) is 65.9 cm³/mol. The van der Waals surface area contributed by atoms with Crippen LogP contribution < -0.4 is 0 Å². The van der Waals surface area contributed by atoms with Crippen LogP contribution in [0.2, 0.25) is 5.02 Å². The molecule has 19 heavy (non-hydrogen) atoms. The molecule has 98 valence electrons. The van der Waals surface area contributed by atoms with Gasteiger partial charge in [-0.1, -0.05) is 11.6 Å². The number of furan rings is 1. The number of halogens is 1. The number of benzene rings is 1. The Kier molecular flexibility index (Phi) is 3.82. The largest absolute Gasteiger partial charge is 0.457 e. The predicted octanol–water partition coefficient (Wildman–Crippen LogP) is 3.20. The van der Waals surface area contributed by atoms with Crippen molar-refractivity contribution in [1.82, 2.24) is 0 Å². The van der Waals surface area contributed by atoms with Crippen molar-refractivity contribution >= 4 is 23.3 Å². The molecule has 0 aliphatic rings. The maximum Gasteiger partial charge on any atom is 0.374 e. The molecule has 7 heteroatoms. The summed E-state index contributed by atoms with van der Waals surface area (Å²) in [6.07, 6.45) is 1.36. The second kappa shape index (κ2) is 5.53. The summed E-state index contributed by atoms with van der Waals surface area (Å²) in [5.74, 6) is -0.544. The lowest BCUT2D eigenvalue weighted by Gasteiger charge is -2.05. The van der Waals surface area contributed by atoms with Crippen molar-refractivity contribution in [3.05, 3.63) is 63.1 Å². The minimum Gasteiger partial charge on any atom is -0.457 e. The van der Waals surface area contributed by atoms with Crippen LogP contribution in [0, 0.1) is 10.1 Å². The molecule has 0 saturated heterocycles. The Morgan fingerprint density at radius 3 is 2.79 bits per heavy atom. The number of hydrogen-bond acceptors (Lipinski definition) is 5. The van der Waals surface area contributed by atoms with Gasteiger partial charge >= 0.3 is 5.97 Å². The van der Waals surface area contributed by atoms with E-state index in [2.05, 4.69) is 0 Å². The van der Waals surface area contributed by atoms with Crippen LogP contribution in [0.5, 0.6) is 0 Å². The number of rotatable bonds is 4. The summed E-state index contributed by atoms with van der Waals surface area (Å²) in [7, 11) is 0. The second-order valence-corrected chi connectivity index (χ2v) is 3.99. The van der Waals surface area contributed by atoms with Crippen molar-refractivity contribution in [2.75, 3.05) is 0 Å². The van der Waals surface area contributed by atoms with Crippen LogP contribution in [0.4, 0.5) is 5.69 Å². The lowest BCUT2D eigenvalue weighted by atomic mass is 10.2. The topological polar surface area (TPSA) is 82.6 Å². The summed E-state index contributed by atoms with van der Waals surface area (Å²) in [4.78, 5) is 21.5. The van der Waals surface area contributed by atoms with E-state index in [4.69, 9.17) is 20.8 Å². The van der Waals surface area contributed by atoms with E-state index >= 15 is 0 Å². The molecular weight excluding hydrogens is 274 g/mol. The molecule has 0 aliphatic heterocycles. The van der Waals surface area contributed by atoms with Crippen LogP contribution in [0.15, 0.2) is 41.0 Å². The van der Waals surface area contributed by atoms with Gasteiger partial charge in [-0.2, -0.15) is 0 Å². The maximum absolute atomic E-state index is 11.5. The number of carbonyl (C=O) groups excluding carboxylic acids is 1. The summed E-state index contributed by atoms with van der Waals surface area (Å²) < 4.78 is 9.83. The van der Waals surface area contributed by atoms with Gasteiger partial charge in [0.25, 0.3) is 5.69 Å². The Bertz CT molecular complexity index is 609. The molecule has 0 radical (unpaired) electrons. The zero-order chi connectivity index (χ0) is 13.8. The summed E-state index contributed by atoms with van der Waals surface area (Å²) in [5.41, 5.74) is 0.360. The lowest BCUT2D eigenvalue weighted by molar-refractivity contribution is -0.384. The van der Waals surface area contributed by atoms with Crippen LogP contribution in [-0.2, 0) is 11.3 Å². The van der Waals surface area contributed by atoms with Gasteiger partial charge in [0.1, 0.15) is 6.61 Å². The number of nitrogens with zero attached hydrogens (tertiary/aromatic N) is 1. The van der Waals surface area contributed by atoms with Gasteiger partial charge in [0.15, 0.2) is 0 Å². The Labute approximate surface area is 112 Å². The fourth-order valence-corrected chi connectivity index (χ4v) is 1.61. The van der Waals surface area contributed by atoms with Gasteiger partial charge in [-0.3, -0.25) is 10.1 Å². The first kappa shape index (κ1) is 13.1. The molecule has 2 aromatic rings. The zero-order valence-electron chi connectivity index (χ0n) is 9.54. The molecule has 6 nitrogen and oxygen atoms in total. The molecule has 0 unspecified atom stereocenters. The Morgan fingerprint density at radius 2 is 2.21 bits per heavy atom. The van der Waals surface area contributed by atoms with E-state index in [0.29, 0.717) is 5.56 Å². The normalized spacial score (nSPS) is 10.2. The Morgan fingerprint density at radius 1 is 1.42 bits per heavy atom. The summed E-state index contributed by atoms with van der Waals surface area (Å²) in [5, 5.41) is 10.7. The molecule has 0 fully saturated rings. The van der Waals surface area contributed by atoms with Crippen LogP contribution in [0.25, 0.3) is 0 Å². The molecule has 1 heterocycles. The first-order chi connectivity index (χ1) is 9.08. The average molecular weight is 282 g/mol. The molecule has 0 bridgehead atoms. The van der Waals surface area contributed by atoms with Gasteiger partial charge in [0.05, 0.1) is 16.2 Å². The highest BCUT2D eigenvalue weighted by atomic mass is 35.5. The molecule has 2 rings (SSSR count). The Balaban J connectivity index is 2.04. The zero-order valence-corrected chi connectivity index (χ0v) is 10.3. The molecule has 1 aromatic carbocycles.